The predicted molar refractivity (Wildman–Crippen MR) is 126 cm³/mol. The second-order valence-corrected chi connectivity index (χ2v) is 9.44. The van der Waals surface area contributed by atoms with E-state index in [4.69, 9.17) is 12.6 Å². The van der Waals surface area contributed by atoms with E-state index in [-0.39, 0.29) is 0 Å². The summed E-state index contributed by atoms with van der Waals surface area (Å²) in [5.74, 6) is 0.803. The molecule has 0 aromatic heterocycles. The van der Waals surface area contributed by atoms with Crippen LogP contribution in [0.3, 0.4) is 0 Å². The highest BCUT2D eigenvalue weighted by Gasteiger charge is 2.12. The SMILES string of the molecule is CCCCCCCCCCCCC(S)C(C)CCCCCCCCCC. The number of hydrogen-bond acceptors (Lipinski definition) is 1. The van der Waals surface area contributed by atoms with Crippen LogP contribution in [0.1, 0.15) is 149 Å². The normalized spacial score (nSPS) is 13.8. The van der Waals surface area contributed by atoms with Gasteiger partial charge in [-0.2, -0.15) is 12.6 Å². The van der Waals surface area contributed by atoms with Crippen LogP contribution >= 0.6 is 12.6 Å². The molecule has 0 saturated heterocycles. The molecule has 158 valence electrons. The largest absolute Gasteiger partial charge is 0.176 e. The van der Waals surface area contributed by atoms with Crippen molar-refractivity contribution in [1.82, 2.24) is 0 Å². The fourth-order valence-corrected chi connectivity index (χ4v) is 4.25. The molecule has 0 nitrogen and oxygen atoms in total. The van der Waals surface area contributed by atoms with Crippen molar-refractivity contribution in [2.24, 2.45) is 5.92 Å². The minimum absolute atomic E-state index is 0.633. The summed E-state index contributed by atoms with van der Waals surface area (Å²) in [6.45, 7) is 7.02. The lowest BCUT2D eigenvalue weighted by Crippen LogP contribution is -2.11. The average Bonchev–Trinajstić information content (AvgIpc) is 2.65. The fraction of sp³-hybridized carbons (Fsp3) is 1.00. The Balaban J connectivity index is 3.31. The van der Waals surface area contributed by atoms with Gasteiger partial charge in [0.1, 0.15) is 0 Å². The highest BCUT2D eigenvalue weighted by atomic mass is 32.1. The van der Waals surface area contributed by atoms with E-state index in [9.17, 15) is 0 Å². The summed E-state index contributed by atoms with van der Waals surface area (Å²) in [4.78, 5) is 0. The van der Waals surface area contributed by atoms with Gasteiger partial charge in [-0.3, -0.25) is 0 Å². The van der Waals surface area contributed by atoms with Crippen molar-refractivity contribution in [1.29, 1.82) is 0 Å². The third kappa shape index (κ3) is 19.1. The maximum atomic E-state index is 4.90. The molecule has 2 atom stereocenters. The van der Waals surface area contributed by atoms with Gasteiger partial charge in [-0.25, -0.2) is 0 Å². The molecule has 0 saturated carbocycles. The highest BCUT2D eigenvalue weighted by molar-refractivity contribution is 7.81. The van der Waals surface area contributed by atoms with Crippen LogP contribution in [-0.2, 0) is 0 Å². The van der Waals surface area contributed by atoms with E-state index in [0.29, 0.717) is 5.25 Å². The van der Waals surface area contributed by atoms with Crippen LogP contribution in [0.15, 0.2) is 0 Å². The molecule has 0 aliphatic rings. The Morgan fingerprint density at radius 3 is 1.15 bits per heavy atom. The van der Waals surface area contributed by atoms with Gasteiger partial charge in [-0.05, 0) is 18.8 Å². The van der Waals surface area contributed by atoms with E-state index in [0.717, 1.165) is 5.92 Å². The lowest BCUT2D eigenvalue weighted by molar-refractivity contribution is 0.442. The standard InChI is InChI=1S/C25H52S/c1-4-6-8-10-12-14-15-17-19-21-23-25(26)24(3)22-20-18-16-13-11-9-7-5-2/h24-26H,4-23H2,1-3H3. The van der Waals surface area contributed by atoms with Crippen LogP contribution in [-0.4, -0.2) is 5.25 Å². The van der Waals surface area contributed by atoms with E-state index in [2.05, 4.69) is 20.8 Å². The third-order valence-corrected chi connectivity index (χ3v) is 6.79. The van der Waals surface area contributed by atoms with E-state index >= 15 is 0 Å². The molecule has 0 rings (SSSR count). The number of unbranched alkanes of at least 4 members (excludes halogenated alkanes) is 16. The molecule has 0 radical (unpaired) electrons. The Hall–Kier alpha value is 0.350. The molecule has 26 heavy (non-hydrogen) atoms. The summed E-state index contributed by atoms with van der Waals surface area (Å²) in [7, 11) is 0. The molecule has 0 aromatic rings. The summed E-state index contributed by atoms with van der Waals surface area (Å²) in [5, 5.41) is 0.633. The van der Waals surface area contributed by atoms with E-state index in [1.807, 2.05) is 0 Å². The van der Waals surface area contributed by atoms with Crippen LogP contribution in [0.2, 0.25) is 0 Å². The van der Waals surface area contributed by atoms with Gasteiger partial charge in [0.2, 0.25) is 0 Å². The molecule has 0 spiro atoms. The summed E-state index contributed by atoms with van der Waals surface area (Å²) < 4.78 is 0. The topological polar surface area (TPSA) is 0 Å². The highest BCUT2D eigenvalue weighted by Crippen LogP contribution is 2.23. The molecule has 0 bridgehead atoms. The van der Waals surface area contributed by atoms with Crippen LogP contribution < -0.4 is 0 Å². The van der Waals surface area contributed by atoms with Gasteiger partial charge < -0.3 is 0 Å². The smallest absolute Gasteiger partial charge is 0.00424 e. The monoisotopic (exact) mass is 384 g/mol. The Kier molecular flexibility index (Phi) is 21.9. The molecule has 0 aromatic carbocycles. The first-order valence-electron chi connectivity index (χ1n) is 12.4. The quantitative estimate of drug-likeness (QED) is 0.148. The Labute approximate surface area is 173 Å². The first-order valence-corrected chi connectivity index (χ1v) is 12.9. The first kappa shape index (κ1) is 26.4. The molecule has 0 fully saturated rings. The van der Waals surface area contributed by atoms with Crippen LogP contribution in [0.25, 0.3) is 0 Å². The zero-order chi connectivity index (χ0) is 19.3. The maximum absolute atomic E-state index is 4.90. The zero-order valence-corrected chi connectivity index (χ0v) is 19.6. The molecule has 0 N–H and O–H groups in total. The Morgan fingerprint density at radius 1 is 0.462 bits per heavy atom. The van der Waals surface area contributed by atoms with Crippen molar-refractivity contribution in [3.8, 4) is 0 Å². The summed E-state index contributed by atoms with van der Waals surface area (Å²) in [5.41, 5.74) is 0. The Bertz CT molecular complexity index is 251. The lowest BCUT2D eigenvalue weighted by Gasteiger charge is -2.19. The third-order valence-electron chi connectivity index (χ3n) is 6.02. The van der Waals surface area contributed by atoms with Gasteiger partial charge in [-0.1, -0.05) is 136 Å². The second-order valence-electron chi connectivity index (χ2n) is 8.78. The predicted octanol–water partition coefficient (Wildman–Crippen LogP) is 9.76. The van der Waals surface area contributed by atoms with Gasteiger partial charge in [0.05, 0.1) is 0 Å². The van der Waals surface area contributed by atoms with Gasteiger partial charge >= 0.3 is 0 Å². The molecule has 2 unspecified atom stereocenters. The fourth-order valence-electron chi connectivity index (χ4n) is 3.92. The second kappa shape index (κ2) is 21.6. The molecule has 0 amide bonds. The van der Waals surface area contributed by atoms with Crippen LogP contribution in [0, 0.1) is 5.92 Å². The minimum atomic E-state index is 0.633. The summed E-state index contributed by atoms with van der Waals surface area (Å²) >= 11 is 4.90. The van der Waals surface area contributed by atoms with Gasteiger partial charge in [0.25, 0.3) is 0 Å². The summed E-state index contributed by atoms with van der Waals surface area (Å²) in [6.07, 6.45) is 28.5. The average molecular weight is 385 g/mol. The van der Waals surface area contributed by atoms with Crippen molar-refractivity contribution in [2.45, 2.75) is 154 Å². The van der Waals surface area contributed by atoms with Gasteiger partial charge in [0.15, 0.2) is 0 Å². The van der Waals surface area contributed by atoms with E-state index < -0.39 is 0 Å². The molecular weight excluding hydrogens is 332 g/mol. The van der Waals surface area contributed by atoms with Crippen molar-refractivity contribution < 1.29 is 0 Å². The van der Waals surface area contributed by atoms with E-state index in [1.165, 1.54) is 128 Å². The number of hydrogen-bond donors (Lipinski definition) is 1. The molecule has 0 heterocycles. The zero-order valence-electron chi connectivity index (χ0n) is 18.7. The molecular formula is C25H52S. The first-order chi connectivity index (χ1) is 12.7. The van der Waals surface area contributed by atoms with Gasteiger partial charge in [-0.15, -0.1) is 0 Å². The molecule has 0 aliphatic heterocycles. The lowest BCUT2D eigenvalue weighted by atomic mass is 9.95. The van der Waals surface area contributed by atoms with Crippen molar-refractivity contribution >= 4 is 12.6 Å². The molecule has 1 heteroatoms. The van der Waals surface area contributed by atoms with Crippen molar-refractivity contribution in [3.63, 3.8) is 0 Å². The van der Waals surface area contributed by atoms with Crippen molar-refractivity contribution in [2.75, 3.05) is 0 Å². The maximum Gasteiger partial charge on any atom is 0.00424 e. The van der Waals surface area contributed by atoms with Crippen LogP contribution in [0.4, 0.5) is 0 Å². The number of rotatable bonds is 21. The minimum Gasteiger partial charge on any atom is -0.176 e. The number of thiol groups is 1. The Morgan fingerprint density at radius 2 is 0.769 bits per heavy atom. The summed E-state index contributed by atoms with van der Waals surface area (Å²) in [6, 6.07) is 0. The van der Waals surface area contributed by atoms with Gasteiger partial charge in [0, 0.05) is 5.25 Å². The molecule has 0 aliphatic carbocycles. The van der Waals surface area contributed by atoms with E-state index in [1.54, 1.807) is 0 Å². The van der Waals surface area contributed by atoms with Crippen LogP contribution in [0.5, 0.6) is 0 Å². The van der Waals surface area contributed by atoms with Crippen molar-refractivity contribution in [3.05, 3.63) is 0 Å².